The standard InChI is InChI=1S/C22H30N2O6S/c1-21(2,3)30-20(26)23-22-15-16(22)11-7-5-4-6-10-14-29-17-12-8-9-13-18(17)31(27,28)24-19(22)25/h7-9,11-13,16H,4-6,10,14-15H2,1-3H3,(H,23,26)(H,24,25)/t16-,22-/m1/s1. The maximum Gasteiger partial charge on any atom is 0.408 e. The van der Waals surface area contributed by atoms with Crippen molar-refractivity contribution < 1.29 is 27.5 Å². The van der Waals surface area contributed by atoms with Gasteiger partial charge in [0.1, 0.15) is 21.8 Å². The molecule has 1 aliphatic carbocycles. The number of para-hydroxylation sites is 1. The molecule has 2 aliphatic rings. The fourth-order valence-electron chi connectivity index (χ4n) is 3.51. The highest BCUT2D eigenvalue weighted by molar-refractivity contribution is 7.90. The third kappa shape index (κ3) is 5.78. The van der Waals surface area contributed by atoms with Crippen LogP contribution >= 0.6 is 0 Å². The second-order valence-electron chi connectivity index (χ2n) is 8.92. The number of alkyl carbamates (subject to hydrolysis) is 1. The minimum absolute atomic E-state index is 0.113. The molecule has 0 saturated heterocycles. The number of ether oxygens (including phenoxy) is 2. The van der Waals surface area contributed by atoms with E-state index >= 15 is 0 Å². The number of nitrogens with one attached hydrogen (secondary N) is 2. The summed E-state index contributed by atoms with van der Waals surface area (Å²) in [5.41, 5.74) is -2.12. The van der Waals surface area contributed by atoms with Gasteiger partial charge in [-0.25, -0.2) is 17.9 Å². The van der Waals surface area contributed by atoms with Crippen LogP contribution in [0.5, 0.6) is 5.75 Å². The molecular weight excluding hydrogens is 420 g/mol. The van der Waals surface area contributed by atoms with E-state index in [9.17, 15) is 18.0 Å². The summed E-state index contributed by atoms with van der Waals surface area (Å²) in [4.78, 5) is 25.4. The zero-order valence-corrected chi connectivity index (χ0v) is 19.0. The highest BCUT2D eigenvalue weighted by atomic mass is 32.2. The molecule has 2 N–H and O–H groups in total. The van der Waals surface area contributed by atoms with E-state index in [4.69, 9.17) is 9.47 Å². The third-order valence-electron chi connectivity index (χ3n) is 5.15. The van der Waals surface area contributed by atoms with E-state index in [2.05, 4.69) is 10.0 Å². The van der Waals surface area contributed by atoms with Crippen molar-refractivity contribution in [1.29, 1.82) is 0 Å². The van der Waals surface area contributed by atoms with E-state index in [1.807, 2.05) is 12.2 Å². The minimum atomic E-state index is -4.20. The summed E-state index contributed by atoms with van der Waals surface area (Å²) in [7, 11) is -4.20. The van der Waals surface area contributed by atoms with Crippen LogP contribution in [0.4, 0.5) is 4.79 Å². The van der Waals surface area contributed by atoms with Crippen LogP contribution in [0.1, 0.15) is 52.9 Å². The van der Waals surface area contributed by atoms with Gasteiger partial charge in [0.15, 0.2) is 0 Å². The highest BCUT2D eigenvalue weighted by Crippen LogP contribution is 2.45. The quantitative estimate of drug-likeness (QED) is 0.635. The molecule has 2 atom stereocenters. The molecule has 0 unspecified atom stereocenters. The summed E-state index contributed by atoms with van der Waals surface area (Å²) in [6.07, 6.45) is 6.87. The van der Waals surface area contributed by atoms with Crippen LogP contribution < -0.4 is 14.8 Å². The molecule has 0 bridgehead atoms. The molecule has 1 heterocycles. The topological polar surface area (TPSA) is 111 Å². The molecule has 1 aromatic carbocycles. The first kappa shape index (κ1) is 23.1. The molecule has 0 spiro atoms. The van der Waals surface area contributed by atoms with Crippen molar-refractivity contribution in [3.05, 3.63) is 36.4 Å². The number of rotatable bonds is 1. The summed E-state index contributed by atoms with van der Waals surface area (Å²) in [5.74, 6) is -0.915. The van der Waals surface area contributed by atoms with Crippen molar-refractivity contribution >= 4 is 22.0 Å². The van der Waals surface area contributed by atoms with Crippen LogP contribution in [0.25, 0.3) is 0 Å². The van der Waals surface area contributed by atoms with Crippen molar-refractivity contribution in [3.63, 3.8) is 0 Å². The maximum absolute atomic E-state index is 13.1. The van der Waals surface area contributed by atoms with Crippen LogP contribution in [0.15, 0.2) is 41.3 Å². The lowest BCUT2D eigenvalue weighted by Crippen LogP contribution is -2.52. The molecular formula is C22H30N2O6S. The zero-order chi connectivity index (χ0) is 22.7. The second-order valence-corrected chi connectivity index (χ2v) is 10.6. The van der Waals surface area contributed by atoms with Gasteiger partial charge < -0.3 is 14.8 Å². The number of allylic oxidation sites excluding steroid dienone is 1. The number of carbonyl (C=O) groups is 2. The van der Waals surface area contributed by atoms with Gasteiger partial charge in [-0.2, -0.15) is 0 Å². The number of carbonyl (C=O) groups excluding carboxylic acids is 2. The molecule has 9 heteroatoms. The Balaban J connectivity index is 1.90. The lowest BCUT2D eigenvalue weighted by atomic mass is 10.1. The van der Waals surface area contributed by atoms with Crippen molar-refractivity contribution in [3.8, 4) is 5.75 Å². The second kappa shape index (κ2) is 8.90. The van der Waals surface area contributed by atoms with Gasteiger partial charge in [-0.3, -0.25) is 4.79 Å². The molecule has 0 radical (unpaired) electrons. The number of hydrogen-bond acceptors (Lipinski definition) is 6. The Labute approximate surface area is 183 Å². The van der Waals surface area contributed by atoms with Crippen LogP contribution in [0.3, 0.4) is 0 Å². The number of amides is 2. The average molecular weight is 451 g/mol. The summed E-state index contributed by atoms with van der Waals surface area (Å²) in [6, 6.07) is 6.20. The average Bonchev–Trinajstić information content (AvgIpc) is 3.35. The van der Waals surface area contributed by atoms with E-state index in [0.717, 1.165) is 25.7 Å². The Hall–Kier alpha value is -2.55. The van der Waals surface area contributed by atoms with E-state index in [1.165, 1.54) is 6.07 Å². The predicted octanol–water partition coefficient (Wildman–Crippen LogP) is 3.28. The van der Waals surface area contributed by atoms with Gasteiger partial charge in [-0.15, -0.1) is 0 Å². The number of hydrogen-bond donors (Lipinski definition) is 2. The minimum Gasteiger partial charge on any atom is -0.492 e. The SMILES string of the molecule is CC(C)(C)OC(=O)N[C@]12C[C@H]1C=CCCCCCOc1ccccc1S(=O)(=O)NC2=O. The molecule has 170 valence electrons. The first-order valence-electron chi connectivity index (χ1n) is 10.5. The maximum atomic E-state index is 13.1. The van der Waals surface area contributed by atoms with E-state index in [-0.39, 0.29) is 16.6 Å². The van der Waals surface area contributed by atoms with Crippen LogP contribution in [-0.2, 0) is 19.6 Å². The third-order valence-corrected chi connectivity index (χ3v) is 6.52. The molecule has 1 fully saturated rings. The molecule has 31 heavy (non-hydrogen) atoms. The summed E-state index contributed by atoms with van der Waals surface area (Å²) in [6.45, 7) is 5.53. The Bertz CT molecular complexity index is 966. The Morgan fingerprint density at radius 3 is 2.71 bits per heavy atom. The first-order valence-corrected chi connectivity index (χ1v) is 12.0. The van der Waals surface area contributed by atoms with Crippen LogP contribution in [-0.4, -0.2) is 38.2 Å². The molecule has 2 amide bonds. The zero-order valence-electron chi connectivity index (χ0n) is 18.1. The van der Waals surface area contributed by atoms with E-state index in [0.29, 0.717) is 13.0 Å². The highest BCUT2D eigenvalue weighted by Gasteiger charge is 2.61. The van der Waals surface area contributed by atoms with E-state index < -0.39 is 33.2 Å². The number of benzene rings is 1. The van der Waals surface area contributed by atoms with Crippen molar-refractivity contribution in [1.82, 2.24) is 10.0 Å². The van der Waals surface area contributed by atoms with Crippen molar-refractivity contribution in [2.24, 2.45) is 5.92 Å². The lowest BCUT2D eigenvalue weighted by molar-refractivity contribution is -0.122. The van der Waals surface area contributed by atoms with Gasteiger partial charge in [-0.1, -0.05) is 24.3 Å². The summed E-state index contributed by atoms with van der Waals surface area (Å²) < 4.78 is 39.1. The summed E-state index contributed by atoms with van der Waals surface area (Å²) >= 11 is 0. The molecule has 1 aliphatic heterocycles. The van der Waals surface area contributed by atoms with Gasteiger partial charge in [0.25, 0.3) is 15.9 Å². The van der Waals surface area contributed by atoms with Crippen LogP contribution in [0.2, 0.25) is 0 Å². The van der Waals surface area contributed by atoms with Gasteiger partial charge in [0.05, 0.1) is 6.61 Å². The predicted molar refractivity (Wildman–Crippen MR) is 115 cm³/mol. The van der Waals surface area contributed by atoms with Gasteiger partial charge >= 0.3 is 6.09 Å². The Morgan fingerprint density at radius 2 is 1.97 bits per heavy atom. The van der Waals surface area contributed by atoms with Crippen molar-refractivity contribution in [2.75, 3.05) is 6.61 Å². The fourth-order valence-corrected chi connectivity index (χ4v) is 4.70. The summed E-state index contributed by atoms with van der Waals surface area (Å²) in [5, 5.41) is 2.61. The number of fused-ring (bicyclic) bond motifs is 2. The number of sulfonamides is 1. The molecule has 1 aromatic rings. The molecule has 3 rings (SSSR count). The molecule has 0 aromatic heterocycles. The first-order chi connectivity index (χ1) is 14.5. The largest absolute Gasteiger partial charge is 0.492 e. The molecule has 8 nitrogen and oxygen atoms in total. The Morgan fingerprint density at radius 1 is 1.23 bits per heavy atom. The smallest absolute Gasteiger partial charge is 0.408 e. The fraction of sp³-hybridized carbons (Fsp3) is 0.545. The van der Waals surface area contributed by atoms with Crippen LogP contribution in [0, 0.1) is 5.92 Å². The van der Waals surface area contributed by atoms with Crippen molar-refractivity contribution in [2.45, 2.75) is 68.9 Å². The molecule has 1 saturated carbocycles. The van der Waals surface area contributed by atoms with Gasteiger partial charge in [0, 0.05) is 5.92 Å². The lowest BCUT2D eigenvalue weighted by Gasteiger charge is -2.23. The van der Waals surface area contributed by atoms with E-state index in [1.54, 1.807) is 39.0 Å². The van der Waals surface area contributed by atoms with Gasteiger partial charge in [0.2, 0.25) is 0 Å². The normalized spacial score (nSPS) is 26.0. The Kier molecular flexibility index (Phi) is 6.64. The van der Waals surface area contributed by atoms with Gasteiger partial charge in [-0.05, 0) is 65.0 Å². The monoisotopic (exact) mass is 450 g/mol.